The summed E-state index contributed by atoms with van der Waals surface area (Å²) in [4.78, 5) is 41.5. The lowest BCUT2D eigenvalue weighted by Gasteiger charge is -2.44. The fourth-order valence-corrected chi connectivity index (χ4v) is 4.51. The van der Waals surface area contributed by atoms with E-state index in [0.717, 1.165) is 0 Å². The summed E-state index contributed by atoms with van der Waals surface area (Å²) >= 11 is 0. The first kappa shape index (κ1) is 21.3. The van der Waals surface area contributed by atoms with E-state index in [1.54, 1.807) is 30.0 Å². The average molecular weight is 426 g/mol. The smallest absolute Gasteiger partial charge is 0.355 e. The Kier molecular flexibility index (Phi) is 5.93. The van der Waals surface area contributed by atoms with Gasteiger partial charge in [-0.25, -0.2) is 4.79 Å². The van der Waals surface area contributed by atoms with Crippen LogP contribution in [0.1, 0.15) is 29.3 Å². The summed E-state index contributed by atoms with van der Waals surface area (Å²) in [6.45, 7) is 7.24. The standard InChI is InChI=1S/C23H26N2O6/c1-3-9-31-23(29)20-17(13-18-19(14(2)26)22(28)25(18)20)15-5-4-6-16(12-15)21(27)24-7-10-30-11-8-24/h3-6,12,14,18-19,26H,1,7-11,13H2,2H3. The maximum Gasteiger partial charge on any atom is 0.355 e. The van der Waals surface area contributed by atoms with Crippen LogP contribution in [-0.2, 0) is 19.1 Å². The molecule has 3 atom stereocenters. The van der Waals surface area contributed by atoms with Crippen LogP contribution in [0.5, 0.6) is 0 Å². The molecule has 3 unspecified atom stereocenters. The van der Waals surface area contributed by atoms with Gasteiger partial charge in [-0.3, -0.25) is 9.59 Å². The van der Waals surface area contributed by atoms with Gasteiger partial charge in [0.05, 0.1) is 31.3 Å². The number of rotatable bonds is 6. The predicted octanol–water partition coefficient (Wildman–Crippen LogP) is 1.21. The predicted molar refractivity (Wildman–Crippen MR) is 112 cm³/mol. The maximum atomic E-state index is 12.9. The summed E-state index contributed by atoms with van der Waals surface area (Å²) in [5.41, 5.74) is 2.03. The van der Waals surface area contributed by atoms with Crippen molar-refractivity contribution in [3.8, 4) is 0 Å². The topological polar surface area (TPSA) is 96.4 Å². The minimum absolute atomic E-state index is 0.0255. The highest BCUT2D eigenvalue weighted by Gasteiger charge is 2.57. The highest BCUT2D eigenvalue weighted by Crippen LogP contribution is 2.47. The number of carbonyl (C=O) groups is 3. The number of amides is 2. The lowest BCUT2D eigenvalue weighted by Crippen LogP contribution is -2.61. The van der Waals surface area contributed by atoms with Crippen LogP contribution in [0.4, 0.5) is 0 Å². The van der Waals surface area contributed by atoms with Crippen LogP contribution in [0.15, 0.2) is 42.6 Å². The lowest BCUT2D eigenvalue weighted by molar-refractivity contribution is -0.162. The van der Waals surface area contributed by atoms with Crippen LogP contribution >= 0.6 is 0 Å². The summed E-state index contributed by atoms with van der Waals surface area (Å²) in [7, 11) is 0. The molecule has 0 radical (unpaired) electrons. The zero-order valence-corrected chi connectivity index (χ0v) is 17.5. The largest absolute Gasteiger partial charge is 0.457 e. The van der Waals surface area contributed by atoms with Crippen molar-refractivity contribution in [3.05, 3.63) is 53.7 Å². The lowest BCUT2D eigenvalue weighted by atomic mass is 9.82. The molecule has 1 N–H and O–H groups in total. The van der Waals surface area contributed by atoms with Crippen LogP contribution in [0.2, 0.25) is 0 Å². The van der Waals surface area contributed by atoms with E-state index >= 15 is 0 Å². The second-order valence-electron chi connectivity index (χ2n) is 7.95. The second-order valence-corrected chi connectivity index (χ2v) is 7.95. The van der Waals surface area contributed by atoms with Gasteiger partial charge >= 0.3 is 5.97 Å². The quantitative estimate of drug-likeness (QED) is 0.417. The van der Waals surface area contributed by atoms with E-state index < -0.39 is 18.0 Å². The van der Waals surface area contributed by atoms with Gasteiger partial charge in [0.1, 0.15) is 12.3 Å². The number of aliphatic hydroxyl groups is 1. The van der Waals surface area contributed by atoms with Gasteiger partial charge in [0.2, 0.25) is 5.91 Å². The van der Waals surface area contributed by atoms with Gasteiger partial charge in [-0.2, -0.15) is 0 Å². The number of β-lactam (4-membered cyclic amide) rings is 1. The number of nitrogens with zero attached hydrogens (tertiary/aromatic N) is 2. The maximum absolute atomic E-state index is 12.9. The molecule has 3 heterocycles. The van der Waals surface area contributed by atoms with Crippen molar-refractivity contribution in [2.45, 2.75) is 25.5 Å². The molecule has 31 heavy (non-hydrogen) atoms. The van der Waals surface area contributed by atoms with E-state index in [1.165, 1.54) is 11.0 Å². The monoisotopic (exact) mass is 426 g/mol. The molecule has 3 aliphatic rings. The van der Waals surface area contributed by atoms with Crippen molar-refractivity contribution in [1.29, 1.82) is 0 Å². The number of morpholine rings is 1. The van der Waals surface area contributed by atoms with Crippen molar-refractivity contribution in [1.82, 2.24) is 9.80 Å². The molecular weight excluding hydrogens is 400 g/mol. The molecule has 164 valence electrons. The van der Waals surface area contributed by atoms with Gasteiger partial charge < -0.3 is 24.4 Å². The van der Waals surface area contributed by atoms with Gasteiger partial charge in [-0.1, -0.05) is 24.8 Å². The molecular formula is C23H26N2O6. The minimum Gasteiger partial charge on any atom is -0.457 e. The molecule has 0 aliphatic carbocycles. The Bertz CT molecular complexity index is 947. The Hall–Kier alpha value is -2.97. The normalized spacial score (nSPS) is 23.9. The Morgan fingerprint density at radius 2 is 2.10 bits per heavy atom. The van der Waals surface area contributed by atoms with Gasteiger partial charge in [0.15, 0.2) is 0 Å². The SMILES string of the molecule is C=CCOC(=O)C1=C(c2cccc(C(=O)N3CCOCC3)c2)CC2C(C(C)O)C(=O)N12. The van der Waals surface area contributed by atoms with Crippen molar-refractivity contribution < 1.29 is 29.0 Å². The fraction of sp³-hybridized carbons (Fsp3) is 0.435. The summed E-state index contributed by atoms with van der Waals surface area (Å²) < 4.78 is 10.6. The zero-order valence-electron chi connectivity index (χ0n) is 17.5. The van der Waals surface area contributed by atoms with Gasteiger partial charge in [-0.05, 0) is 36.6 Å². The van der Waals surface area contributed by atoms with Crippen LogP contribution in [0.25, 0.3) is 5.57 Å². The number of hydrogen-bond acceptors (Lipinski definition) is 6. The number of aliphatic hydroxyl groups excluding tert-OH is 1. The van der Waals surface area contributed by atoms with Crippen LogP contribution in [0.3, 0.4) is 0 Å². The van der Waals surface area contributed by atoms with E-state index in [2.05, 4.69) is 6.58 Å². The third kappa shape index (κ3) is 3.77. The number of fused-ring (bicyclic) bond motifs is 1. The summed E-state index contributed by atoms with van der Waals surface area (Å²) in [6.07, 6.45) is 1.06. The molecule has 2 fully saturated rings. The Morgan fingerprint density at radius 1 is 1.35 bits per heavy atom. The van der Waals surface area contributed by atoms with Crippen molar-refractivity contribution in [3.63, 3.8) is 0 Å². The number of hydrogen-bond donors (Lipinski definition) is 1. The number of esters is 1. The molecule has 3 aliphatic heterocycles. The van der Waals surface area contributed by atoms with Crippen LogP contribution in [-0.4, -0.2) is 77.7 Å². The molecule has 4 rings (SSSR count). The Labute approximate surface area is 180 Å². The molecule has 2 amide bonds. The molecule has 1 aromatic carbocycles. The van der Waals surface area contributed by atoms with Crippen molar-refractivity contribution in [2.75, 3.05) is 32.9 Å². The first-order valence-corrected chi connectivity index (χ1v) is 10.4. The molecule has 1 aromatic rings. The summed E-state index contributed by atoms with van der Waals surface area (Å²) in [6, 6.07) is 6.78. The second kappa shape index (κ2) is 8.64. The third-order valence-electron chi connectivity index (χ3n) is 6.01. The molecule has 0 spiro atoms. The average Bonchev–Trinajstić information content (AvgIpc) is 3.12. The summed E-state index contributed by atoms with van der Waals surface area (Å²) in [5, 5.41) is 10.0. The zero-order chi connectivity index (χ0) is 22.1. The highest BCUT2D eigenvalue weighted by atomic mass is 16.5. The molecule has 8 nitrogen and oxygen atoms in total. The first-order chi connectivity index (χ1) is 14.9. The van der Waals surface area contributed by atoms with E-state index in [9.17, 15) is 19.5 Å². The van der Waals surface area contributed by atoms with Gasteiger partial charge in [0.25, 0.3) is 5.91 Å². The van der Waals surface area contributed by atoms with E-state index in [1.807, 2.05) is 6.07 Å². The van der Waals surface area contributed by atoms with E-state index in [0.29, 0.717) is 49.4 Å². The number of ether oxygens (including phenoxy) is 2. The highest BCUT2D eigenvalue weighted by molar-refractivity contribution is 6.07. The molecule has 8 heteroatoms. The fourth-order valence-electron chi connectivity index (χ4n) is 4.51. The molecule has 0 bridgehead atoms. The van der Waals surface area contributed by atoms with Crippen molar-refractivity contribution >= 4 is 23.4 Å². The number of benzene rings is 1. The molecule has 0 saturated carbocycles. The Balaban J connectivity index is 1.68. The van der Waals surface area contributed by atoms with Gasteiger partial charge in [-0.15, -0.1) is 0 Å². The minimum atomic E-state index is -0.812. The summed E-state index contributed by atoms with van der Waals surface area (Å²) in [5.74, 6) is -1.56. The van der Waals surface area contributed by atoms with Gasteiger partial charge in [0, 0.05) is 18.7 Å². The molecule has 0 aromatic heterocycles. The number of carbonyl (C=O) groups excluding carboxylic acids is 3. The van der Waals surface area contributed by atoms with Crippen LogP contribution in [0, 0.1) is 5.92 Å². The van der Waals surface area contributed by atoms with Crippen LogP contribution < -0.4 is 0 Å². The van der Waals surface area contributed by atoms with E-state index in [-0.39, 0.29) is 30.2 Å². The first-order valence-electron chi connectivity index (χ1n) is 10.4. The molecule has 2 saturated heterocycles. The third-order valence-corrected chi connectivity index (χ3v) is 6.01. The van der Waals surface area contributed by atoms with Crippen molar-refractivity contribution in [2.24, 2.45) is 5.92 Å². The van der Waals surface area contributed by atoms with E-state index in [4.69, 9.17) is 9.47 Å². The Morgan fingerprint density at radius 3 is 2.77 bits per heavy atom.